The van der Waals surface area contributed by atoms with Gasteiger partial charge < -0.3 is 5.11 Å². The lowest BCUT2D eigenvalue weighted by Gasteiger charge is -2.14. The van der Waals surface area contributed by atoms with Crippen molar-refractivity contribution in [2.45, 2.75) is 0 Å². The molecule has 45 heavy (non-hydrogen) atoms. The van der Waals surface area contributed by atoms with Crippen LogP contribution < -0.4 is 0 Å². The summed E-state index contributed by atoms with van der Waals surface area (Å²) in [6, 6.07) is 56.7. The van der Waals surface area contributed by atoms with Gasteiger partial charge in [0.15, 0.2) is 0 Å². The van der Waals surface area contributed by atoms with Crippen LogP contribution in [0.15, 0.2) is 164 Å². The normalized spacial score (nSPS) is 11.3. The highest BCUT2D eigenvalue weighted by Crippen LogP contribution is 2.36. The van der Waals surface area contributed by atoms with Gasteiger partial charge in [0.25, 0.3) is 0 Å². The maximum Gasteiger partial charge on any atom is 0.336 e. The van der Waals surface area contributed by atoms with Crippen LogP contribution in [0.5, 0.6) is 0 Å². The van der Waals surface area contributed by atoms with Crippen LogP contribution in [0, 0.1) is 0 Å². The fraction of sp³-hybridized carbons (Fsp3) is 0. The second kappa shape index (κ2) is 10.9. The van der Waals surface area contributed by atoms with Gasteiger partial charge in [-0.15, -0.1) is 0 Å². The van der Waals surface area contributed by atoms with Crippen LogP contribution in [-0.4, -0.2) is 11.1 Å². The molecule has 0 atom stereocenters. The van der Waals surface area contributed by atoms with Gasteiger partial charge in [-0.25, -0.2) is 4.79 Å². The van der Waals surface area contributed by atoms with Crippen molar-refractivity contribution in [3.05, 3.63) is 169 Å². The predicted molar refractivity (Wildman–Crippen MR) is 185 cm³/mol. The lowest BCUT2D eigenvalue weighted by molar-refractivity contribution is 0.0698. The molecule has 0 unspecified atom stereocenters. The van der Waals surface area contributed by atoms with Crippen LogP contribution in [0.25, 0.3) is 77.9 Å². The van der Waals surface area contributed by atoms with Crippen LogP contribution in [0.3, 0.4) is 0 Å². The fourth-order valence-corrected chi connectivity index (χ4v) is 6.42. The first-order valence-electron chi connectivity index (χ1n) is 15.1. The Morgan fingerprint density at radius 2 is 0.556 bits per heavy atom. The first kappa shape index (κ1) is 26.6. The predicted octanol–water partition coefficient (Wildman–Crippen LogP) is 11.4. The lowest BCUT2D eigenvalue weighted by Crippen LogP contribution is -2.03. The highest BCUT2D eigenvalue weighted by atomic mass is 16.4. The fourth-order valence-electron chi connectivity index (χ4n) is 6.42. The van der Waals surface area contributed by atoms with Crippen molar-refractivity contribution in [1.82, 2.24) is 0 Å². The number of carboxylic acids is 1. The Labute approximate surface area is 262 Å². The first-order valence-corrected chi connectivity index (χ1v) is 15.1. The Hall–Kier alpha value is -5.99. The zero-order chi connectivity index (χ0) is 30.3. The van der Waals surface area contributed by atoms with Crippen molar-refractivity contribution in [2.75, 3.05) is 0 Å². The molecule has 14 rings (SSSR count). The number of carbonyl (C=O) groups is 1. The summed E-state index contributed by atoms with van der Waals surface area (Å²) in [5.74, 6) is -0.939. The van der Waals surface area contributed by atoms with E-state index in [2.05, 4.69) is 121 Å². The number of carboxylic acid groups (broad SMARTS) is 1. The third-order valence-electron chi connectivity index (χ3n) is 8.83. The first-order chi connectivity index (χ1) is 22.1. The molecule has 7 aliphatic rings. The molecule has 212 valence electrons. The summed E-state index contributed by atoms with van der Waals surface area (Å²) < 4.78 is 0. The number of rotatable bonds is 1. The van der Waals surface area contributed by atoms with Gasteiger partial charge in [-0.1, -0.05) is 152 Å². The average Bonchev–Trinajstić information content (AvgIpc) is 3.11. The summed E-state index contributed by atoms with van der Waals surface area (Å²) in [5.41, 5.74) is 14.9. The quantitative estimate of drug-likeness (QED) is 0.211. The number of benzene rings is 7. The summed E-state index contributed by atoms with van der Waals surface area (Å²) in [6.45, 7) is 0. The van der Waals surface area contributed by atoms with E-state index in [0.717, 1.165) is 44.5 Å². The largest absolute Gasteiger partial charge is 0.478 e. The molecule has 7 aliphatic carbocycles. The van der Waals surface area contributed by atoms with Gasteiger partial charge in [-0.2, -0.15) is 0 Å². The molecule has 0 aliphatic heterocycles. The molecule has 0 aromatic heterocycles. The van der Waals surface area contributed by atoms with Crippen LogP contribution in [0.1, 0.15) is 10.4 Å². The van der Waals surface area contributed by atoms with Crippen molar-refractivity contribution in [3.8, 4) is 77.9 Å². The molecule has 7 aromatic rings. The summed E-state index contributed by atoms with van der Waals surface area (Å²) in [5, 5.41) is 10.4. The molecule has 0 fully saturated rings. The molecule has 0 radical (unpaired) electrons. The SMILES string of the molecule is O=C(O)c1c2cccc1-c1ccc(cc1)-c1ccc(cc1)-c1cccc(c1)-c1cccc(c1)-c1ccc(cc1)-c1ccc-2cc1. The van der Waals surface area contributed by atoms with E-state index in [0.29, 0.717) is 16.7 Å². The van der Waals surface area contributed by atoms with E-state index in [1.54, 1.807) is 0 Å². The minimum absolute atomic E-state index is 0.307. The molecule has 2 nitrogen and oxygen atoms in total. The smallest absolute Gasteiger partial charge is 0.336 e. The van der Waals surface area contributed by atoms with E-state index in [1.165, 1.54) is 22.3 Å². The van der Waals surface area contributed by atoms with Crippen LogP contribution in [-0.2, 0) is 0 Å². The van der Waals surface area contributed by atoms with Gasteiger partial charge in [0.2, 0.25) is 0 Å². The molecular weight excluding hydrogens is 548 g/mol. The maximum atomic E-state index is 12.7. The van der Waals surface area contributed by atoms with Crippen molar-refractivity contribution in [3.63, 3.8) is 0 Å². The summed E-state index contributed by atoms with van der Waals surface area (Å²) in [4.78, 5) is 12.7. The minimum Gasteiger partial charge on any atom is -0.478 e. The van der Waals surface area contributed by atoms with Crippen LogP contribution >= 0.6 is 0 Å². The summed E-state index contributed by atoms with van der Waals surface area (Å²) in [7, 11) is 0. The summed E-state index contributed by atoms with van der Waals surface area (Å²) in [6.07, 6.45) is 0. The molecule has 1 N–H and O–H groups in total. The third-order valence-corrected chi connectivity index (χ3v) is 8.83. The number of hydrogen-bond acceptors (Lipinski definition) is 1. The standard InChI is InChI=1S/C43H28O2/c44-43(45)42-40-8-3-9-41(42)35-24-20-31(21-25-35)29-12-16-33(17-13-29)37-5-2-7-39(27-37)38-6-1-4-36(26-38)32-14-10-28(11-15-32)30-18-22-34(40)23-19-30/h1-27H,(H,44,45). The molecular formula is C43H28O2. The minimum atomic E-state index is -0.939. The van der Waals surface area contributed by atoms with Gasteiger partial charge in [0.05, 0.1) is 5.56 Å². The Bertz CT molecular complexity index is 2040. The van der Waals surface area contributed by atoms with Gasteiger partial charge in [0.1, 0.15) is 0 Å². The highest BCUT2D eigenvalue weighted by Gasteiger charge is 2.18. The maximum absolute atomic E-state index is 12.7. The molecule has 2 heteroatoms. The zero-order valence-electron chi connectivity index (χ0n) is 24.4. The van der Waals surface area contributed by atoms with E-state index in [-0.39, 0.29) is 0 Å². The zero-order valence-corrected chi connectivity index (χ0v) is 24.4. The molecule has 0 saturated carbocycles. The Morgan fingerprint density at radius 1 is 0.311 bits per heavy atom. The molecule has 0 amide bonds. The Kier molecular flexibility index (Phi) is 6.47. The van der Waals surface area contributed by atoms with Gasteiger partial charge in [-0.3, -0.25) is 0 Å². The summed E-state index contributed by atoms with van der Waals surface area (Å²) >= 11 is 0. The lowest BCUT2D eigenvalue weighted by atomic mass is 9.90. The monoisotopic (exact) mass is 576 g/mol. The second-order valence-corrected chi connectivity index (χ2v) is 11.5. The van der Waals surface area contributed by atoms with Crippen molar-refractivity contribution in [2.24, 2.45) is 0 Å². The van der Waals surface area contributed by atoms with E-state index in [4.69, 9.17) is 0 Å². The Morgan fingerprint density at radius 3 is 0.867 bits per heavy atom. The second-order valence-electron chi connectivity index (χ2n) is 11.5. The van der Waals surface area contributed by atoms with Gasteiger partial charge in [0, 0.05) is 0 Å². The van der Waals surface area contributed by atoms with E-state index < -0.39 is 5.97 Å². The van der Waals surface area contributed by atoms with Crippen molar-refractivity contribution >= 4 is 5.97 Å². The van der Waals surface area contributed by atoms with E-state index >= 15 is 0 Å². The van der Waals surface area contributed by atoms with Crippen molar-refractivity contribution < 1.29 is 9.90 Å². The Balaban J connectivity index is 1.30. The molecule has 0 spiro atoms. The number of hydrogen-bond donors (Lipinski definition) is 1. The molecule has 7 aromatic carbocycles. The average molecular weight is 577 g/mol. The van der Waals surface area contributed by atoms with E-state index in [9.17, 15) is 9.90 Å². The van der Waals surface area contributed by atoms with Gasteiger partial charge >= 0.3 is 5.97 Å². The number of aromatic carboxylic acids is 1. The van der Waals surface area contributed by atoms with Crippen LogP contribution in [0.4, 0.5) is 0 Å². The topological polar surface area (TPSA) is 37.3 Å². The molecule has 14 bridgehead atoms. The van der Waals surface area contributed by atoms with E-state index in [1.807, 2.05) is 42.5 Å². The highest BCUT2D eigenvalue weighted by molar-refractivity contribution is 6.03. The van der Waals surface area contributed by atoms with Crippen LogP contribution in [0.2, 0.25) is 0 Å². The van der Waals surface area contributed by atoms with Gasteiger partial charge in [-0.05, 0) is 90.0 Å². The third kappa shape index (κ3) is 4.93. The molecule has 0 heterocycles. The van der Waals surface area contributed by atoms with Crippen molar-refractivity contribution in [1.29, 1.82) is 0 Å². The molecule has 0 saturated heterocycles.